The highest BCUT2D eigenvalue weighted by Crippen LogP contribution is 2.10. The fourth-order valence-electron chi connectivity index (χ4n) is 1.20. The van der Waals surface area contributed by atoms with Crippen LogP contribution in [0.4, 0.5) is 13.6 Å². The minimum atomic E-state index is -2.91. The van der Waals surface area contributed by atoms with Gasteiger partial charge in [-0.25, -0.2) is 13.6 Å². The first-order valence-corrected chi connectivity index (χ1v) is 6.11. The molecule has 0 unspecified atom stereocenters. The molecule has 1 N–H and O–H groups in total. The van der Waals surface area contributed by atoms with Gasteiger partial charge in [0.05, 0.1) is 6.54 Å². The summed E-state index contributed by atoms with van der Waals surface area (Å²) in [6, 6.07) is 0. The van der Waals surface area contributed by atoms with E-state index < -0.39 is 18.6 Å². The Morgan fingerprint density at radius 3 is 2.61 bits per heavy atom. The van der Waals surface area contributed by atoms with Crippen molar-refractivity contribution in [3.63, 3.8) is 0 Å². The first-order chi connectivity index (χ1) is 8.47. The zero-order valence-corrected chi connectivity index (χ0v) is 11.1. The molecule has 3 nitrogen and oxygen atoms in total. The van der Waals surface area contributed by atoms with Gasteiger partial charge in [-0.15, -0.1) is 0 Å². The van der Waals surface area contributed by atoms with Gasteiger partial charge in [0.25, 0.3) is 5.92 Å². The largest absolute Gasteiger partial charge is 0.445 e. The fourth-order valence-corrected chi connectivity index (χ4v) is 1.20. The highest BCUT2D eigenvalue weighted by molar-refractivity contribution is 5.67. The van der Waals surface area contributed by atoms with Crippen molar-refractivity contribution in [3.8, 4) is 0 Å². The molecular formula is C13H21F2NO2. The van der Waals surface area contributed by atoms with Gasteiger partial charge in [0, 0.05) is 6.92 Å². The van der Waals surface area contributed by atoms with E-state index in [4.69, 9.17) is 4.74 Å². The number of hydrogen-bond donors (Lipinski definition) is 1. The number of rotatable bonds is 4. The van der Waals surface area contributed by atoms with E-state index in [1.54, 1.807) is 0 Å². The van der Waals surface area contributed by atoms with Crippen molar-refractivity contribution in [2.24, 2.45) is 0 Å². The van der Waals surface area contributed by atoms with E-state index in [9.17, 15) is 13.6 Å². The van der Waals surface area contributed by atoms with Crippen LogP contribution in [0.5, 0.6) is 0 Å². The highest BCUT2D eigenvalue weighted by Gasteiger charge is 2.22. The van der Waals surface area contributed by atoms with Crippen LogP contribution in [0.1, 0.15) is 33.6 Å². The number of allylic oxidation sites excluding steroid dienone is 2. The summed E-state index contributed by atoms with van der Waals surface area (Å²) in [6.07, 6.45) is 6.90. The molecule has 1 amide bonds. The molecule has 1 rings (SSSR count). The molecule has 0 fully saturated rings. The maximum Gasteiger partial charge on any atom is 0.407 e. The van der Waals surface area contributed by atoms with Crippen LogP contribution in [0, 0.1) is 0 Å². The lowest BCUT2D eigenvalue weighted by Crippen LogP contribution is -2.35. The van der Waals surface area contributed by atoms with Crippen LogP contribution in [-0.2, 0) is 4.74 Å². The minimum Gasteiger partial charge on any atom is -0.445 e. The van der Waals surface area contributed by atoms with Gasteiger partial charge in [-0.2, -0.15) is 0 Å². The minimum absolute atomic E-state index is 0.123. The van der Waals surface area contributed by atoms with Crippen LogP contribution in [-0.4, -0.2) is 25.2 Å². The third-order valence-electron chi connectivity index (χ3n) is 1.98. The summed E-state index contributed by atoms with van der Waals surface area (Å²) >= 11 is 0. The summed E-state index contributed by atoms with van der Waals surface area (Å²) in [5.41, 5.74) is 0.893. The van der Waals surface area contributed by atoms with Crippen molar-refractivity contribution >= 4 is 6.09 Å². The zero-order valence-electron chi connectivity index (χ0n) is 11.1. The third-order valence-corrected chi connectivity index (χ3v) is 1.98. The Kier molecular flexibility index (Phi) is 8.00. The van der Waals surface area contributed by atoms with Crippen molar-refractivity contribution in [1.82, 2.24) is 5.32 Å². The van der Waals surface area contributed by atoms with Gasteiger partial charge in [-0.3, -0.25) is 0 Å². The summed E-state index contributed by atoms with van der Waals surface area (Å²) < 4.78 is 29.5. The summed E-state index contributed by atoms with van der Waals surface area (Å²) in [7, 11) is 0. The van der Waals surface area contributed by atoms with Crippen molar-refractivity contribution in [3.05, 3.63) is 23.8 Å². The summed E-state index contributed by atoms with van der Waals surface area (Å²) in [6.45, 7) is 4.15. The summed E-state index contributed by atoms with van der Waals surface area (Å²) in [4.78, 5) is 11.0. The zero-order chi connectivity index (χ0) is 14.0. The highest BCUT2D eigenvalue weighted by atomic mass is 19.3. The molecule has 1 aliphatic rings. The smallest absolute Gasteiger partial charge is 0.407 e. The molecule has 0 heterocycles. The van der Waals surface area contributed by atoms with E-state index in [-0.39, 0.29) is 6.61 Å². The lowest BCUT2D eigenvalue weighted by molar-refractivity contribution is 0.0218. The van der Waals surface area contributed by atoms with Gasteiger partial charge in [0.15, 0.2) is 0 Å². The van der Waals surface area contributed by atoms with E-state index in [0.29, 0.717) is 0 Å². The molecular weight excluding hydrogens is 240 g/mol. The second kappa shape index (κ2) is 8.66. The molecule has 0 atom stereocenters. The normalized spacial score (nSPS) is 14.2. The van der Waals surface area contributed by atoms with Crippen molar-refractivity contribution < 1.29 is 18.3 Å². The molecule has 0 bridgehead atoms. The number of amides is 1. The van der Waals surface area contributed by atoms with Gasteiger partial charge in [0.2, 0.25) is 0 Å². The number of halogens is 2. The Morgan fingerprint density at radius 2 is 2.11 bits per heavy atom. The van der Waals surface area contributed by atoms with Crippen LogP contribution >= 0.6 is 0 Å². The predicted octanol–water partition coefficient (Wildman–Crippen LogP) is 3.67. The second-order valence-corrected chi connectivity index (χ2v) is 3.76. The van der Waals surface area contributed by atoms with Crippen molar-refractivity contribution in [2.45, 2.75) is 39.5 Å². The molecule has 0 saturated heterocycles. The molecule has 18 heavy (non-hydrogen) atoms. The van der Waals surface area contributed by atoms with Crippen LogP contribution in [0.2, 0.25) is 0 Å². The van der Waals surface area contributed by atoms with Crippen LogP contribution in [0.15, 0.2) is 23.8 Å². The molecule has 0 aromatic rings. The maximum absolute atomic E-state index is 12.4. The number of alkyl halides is 2. The van der Waals surface area contributed by atoms with Gasteiger partial charge >= 0.3 is 6.09 Å². The predicted molar refractivity (Wildman–Crippen MR) is 67.8 cm³/mol. The third kappa shape index (κ3) is 8.73. The van der Waals surface area contributed by atoms with E-state index in [1.807, 2.05) is 37.4 Å². The fraction of sp³-hybridized carbons (Fsp3) is 0.615. The van der Waals surface area contributed by atoms with Gasteiger partial charge in [-0.05, 0) is 18.4 Å². The molecule has 0 aromatic carbocycles. The molecule has 1 aliphatic carbocycles. The lowest BCUT2D eigenvalue weighted by atomic mass is 10.1. The second-order valence-electron chi connectivity index (χ2n) is 3.76. The number of nitrogens with one attached hydrogen (secondary N) is 1. The van der Waals surface area contributed by atoms with E-state index in [0.717, 1.165) is 25.3 Å². The quantitative estimate of drug-likeness (QED) is 0.838. The standard InChI is InChI=1S/C11H15F2NO2.C2H6/c1-11(12,13)8-14-10(15)16-7-9-5-3-2-4-6-9;1-2/h3,5-6H,2,4,7-8H2,1H3,(H,14,15);1-2H3. The average Bonchev–Trinajstić information content (AvgIpc) is 2.37. The van der Waals surface area contributed by atoms with Crippen molar-refractivity contribution in [1.29, 1.82) is 0 Å². The molecule has 0 radical (unpaired) electrons. The Bertz CT molecular complexity index is 307. The number of carbonyl (C=O) groups is 1. The Hall–Kier alpha value is -1.39. The topological polar surface area (TPSA) is 38.3 Å². The van der Waals surface area contributed by atoms with Crippen LogP contribution < -0.4 is 5.32 Å². The molecule has 104 valence electrons. The van der Waals surface area contributed by atoms with Crippen molar-refractivity contribution in [2.75, 3.05) is 13.2 Å². The number of alkyl carbamates (subject to hydrolysis) is 1. The number of ether oxygens (including phenoxy) is 1. The SMILES string of the molecule is CC.CC(F)(F)CNC(=O)OCC1=CCCC=C1. The van der Waals surface area contributed by atoms with E-state index in [2.05, 4.69) is 0 Å². The summed E-state index contributed by atoms with van der Waals surface area (Å²) in [5, 5.41) is 2.00. The molecule has 5 heteroatoms. The first kappa shape index (κ1) is 16.6. The average molecular weight is 261 g/mol. The first-order valence-electron chi connectivity index (χ1n) is 6.11. The van der Waals surface area contributed by atoms with Crippen LogP contribution in [0.25, 0.3) is 0 Å². The molecule has 0 aromatic heterocycles. The maximum atomic E-state index is 12.4. The van der Waals surface area contributed by atoms with Gasteiger partial charge in [-0.1, -0.05) is 32.1 Å². The molecule has 0 aliphatic heterocycles. The summed E-state index contributed by atoms with van der Waals surface area (Å²) in [5.74, 6) is -2.91. The number of hydrogen-bond acceptors (Lipinski definition) is 2. The van der Waals surface area contributed by atoms with Gasteiger partial charge in [0.1, 0.15) is 6.61 Å². The monoisotopic (exact) mass is 261 g/mol. The van der Waals surface area contributed by atoms with E-state index >= 15 is 0 Å². The molecule has 0 spiro atoms. The lowest BCUT2D eigenvalue weighted by Gasteiger charge is -2.12. The molecule has 0 saturated carbocycles. The van der Waals surface area contributed by atoms with Gasteiger partial charge < -0.3 is 10.1 Å². The van der Waals surface area contributed by atoms with Crippen LogP contribution in [0.3, 0.4) is 0 Å². The Morgan fingerprint density at radius 1 is 1.44 bits per heavy atom. The number of carbonyl (C=O) groups excluding carboxylic acids is 1. The Balaban J connectivity index is 0.00000137. The van der Waals surface area contributed by atoms with E-state index in [1.165, 1.54) is 0 Å². The Labute approximate surface area is 107 Å².